The molecule has 0 aliphatic rings. The Hall–Kier alpha value is -2.44. The second-order valence-electron chi connectivity index (χ2n) is 7.00. The molecule has 0 aromatic heterocycles. The Bertz CT molecular complexity index is 920. The molecule has 0 saturated carbocycles. The second-order valence-corrected chi connectivity index (χ2v) is 7.81. The van der Waals surface area contributed by atoms with E-state index in [9.17, 15) is 9.59 Å². The molecular formula is C23H28Cl2N2O4. The van der Waals surface area contributed by atoms with Gasteiger partial charge in [-0.15, -0.1) is 0 Å². The van der Waals surface area contributed by atoms with Crippen LogP contribution in [0.3, 0.4) is 0 Å². The zero-order valence-electron chi connectivity index (χ0n) is 18.2. The zero-order valence-corrected chi connectivity index (χ0v) is 19.7. The van der Waals surface area contributed by atoms with E-state index in [1.54, 1.807) is 44.4 Å². The van der Waals surface area contributed by atoms with Crippen LogP contribution in [-0.4, -0.2) is 44.0 Å². The van der Waals surface area contributed by atoms with Crippen LogP contribution in [0.1, 0.15) is 30.9 Å². The second kappa shape index (κ2) is 11.8. The Balaban J connectivity index is 2.22. The van der Waals surface area contributed by atoms with E-state index >= 15 is 0 Å². The molecule has 8 heteroatoms. The summed E-state index contributed by atoms with van der Waals surface area (Å²) >= 11 is 12.1. The topological polar surface area (TPSA) is 67.9 Å². The molecule has 0 aliphatic carbocycles. The van der Waals surface area contributed by atoms with Crippen molar-refractivity contribution in [1.29, 1.82) is 0 Å². The number of rotatable bonds is 10. The minimum Gasteiger partial charge on any atom is -0.493 e. The van der Waals surface area contributed by atoms with Crippen LogP contribution < -0.4 is 14.8 Å². The smallest absolute Gasteiger partial charge is 0.242 e. The van der Waals surface area contributed by atoms with Gasteiger partial charge in [0.05, 0.1) is 24.3 Å². The van der Waals surface area contributed by atoms with Gasteiger partial charge >= 0.3 is 0 Å². The van der Waals surface area contributed by atoms with Crippen LogP contribution in [0.15, 0.2) is 36.4 Å². The quantitative estimate of drug-likeness (QED) is 0.559. The lowest BCUT2D eigenvalue weighted by atomic mass is 10.1. The first-order valence-electron chi connectivity index (χ1n) is 10.00. The van der Waals surface area contributed by atoms with Crippen molar-refractivity contribution in [1.82, 2.24) is 10.2 Å². The summed E-state index contributed by atoms with van der Waals surface area (Å²) in [6, 6.07) is 10.2. The minimum atomic E-state index is -0.586. The third-order valence-corrected chi connectivity index (χ3v) is 5.78. The lowest BCUT2D eigenvalue weighted by Gasteiger charge is -2.30. The standard InChI is InChI=1S/C23H28Cl2N2O4/c1-5-19(23(29)26-2)27(14-16-6-9-17(24)18(25)12-16)22(28)11-8-15-7-10-20(30-3)21(13-15)31-4/h6-7,9-10,12-13,19H,5,8,11,14H2,1-4H3,(H,26,29)/t19-/m0/s1. The van der Waals surface area contributed by atoms with Crippen LogP contribution in [0.5, 0.6) is 11.5 Å². The number of carbonyl (C=O) groups excluding carboxylic acids is 2. The fourth-order valence-electron chi connectivity index (χ4n) is 3.35. The van der Waals surface area contributed by atoms with Gasteiger partial charge < -0.3 is 19.7 Å². The fraction of sp³-hybridized carbons (Fsp3) is 0.391. The van der Waals surface area contributed by atoms with E-state index in [1.165, 1.54) is 0 Å². The van der Waals surface area contributed by atoms with E-state index in [2.05, 4.69) is 5.32 Å². The van der Waals surface area contributed by atoms with E-state index in [0.717, 1.165) is 11.1 Å². The molecule has 2 aromatic rings. The Kier molecular flexibility index (Phi) is 9.46. The molecular weight excluding hydrogens is 439 g/mol. The average molecular weight is 467 g/mol. The first kappa shape index (κ1) is 24.8. The van der Waals surface area contributed by atoms with E-state index < -0.39 is 6.04 Å². The number of ether oxygens (including phenoxy) is 2. The van der Waals surface area contributed by atoms with Crippen molar-refractivity contribution >= 4 is 35.0 Å². The highest BCUT2D eigenvalue weighted by molar-refractivity contribution is 6.42. The Morgan fingerprint density at radius 2 is 1.68 bits per heavy atom. The average Bonchev–Trinajstić information content (AvgIpc) is 2.79. The van der Waals surface area contributed by atoms with Crippen molar-refractivity contribution in [3.05, 3.63) is 57.6 Å². The molecule has 0 bridgehead atoms. The number of benzene rings is 2. The molecule has 31 heavy (non-hydrogen) atoms. The van der Waals surface area contributed by atoms with Gasteiger partial charge in [0.15, 0.2) is 11.5 Å². The van der Waals surface area contributed by atoms with Gasteiger partial charge in [0.2, 0.25) is 11.8 Å². The van der Waals surface area contributed by atoms with Crippen LogP contribution >= 0.6 is 23.2 Å². The van der Waals surface area contributed by atoms with Crippen LogP contribution in [0.25, 0.3) is 0 Å². The van der Waals surface area contributed by atoms with Gasteiger partial charge in [0, 0.05) is 20.0 Å². The Labute approximate surface area is 193 Å². The summed E-state index contributed by atoms with van der Waals surface area (Å²) in [5.74, 6) is 0.903. The molecule has 168 valence electrons. The Morgan fingerprint density at radius 1 is 1.00 bits per heavy atom. The molecule has 2 aromatic carbocycles. The van der Waals surface area contributed by atoms with Gasteiger partial charge in [-0.3, -0.25) is 9.59 Å². The molecule has 1 atom stereocenters. The molecule has 0 fully saturated rings. The third-order valence-electron chi connectivity index (χ3n) is 5.04. The molecule has 2 amide bonds. The van der Waals surface area contributed by atoms with Crippen molar-refractivity contribution in [2.24, 2.45) is 0 Å². The Morgan fingerprint density at radius 3 is 2.26 bits per heavy atom. The van der Waals surface area contributed by atoms with Crippen molar-refractivity contribution in [3.63, 3.8) is 0 Å². The van der Waals surface area contributed by atoms with Crippen LogP contribution in [0.4, 0.5) is 0 Å². The molecule has 0 radical (unpaired) electrons. The molecule has 0 aliphatic heterocycles. The van der Waals surface area contributed by atoms with E-state index in [0.29, 0.717) is 34.4 Å². The summed E-state index contributed by atoms with van der Waals surface area (Å²) in [5, 5.41) is 3.50. The van der Waals surface area contributed by atoms with E-state index in [1.807, 2.05) is 25.1 Å². The van der Waals surface area contributed by atoms with Crippen LogP contribution in [0.2, 0.25) is 10.0 Å². The summed E-state index contributed by atoms with van der Waals surface area (Å²) in [7, 11) is 4.71. The zero-order chi connectivity index (χ0) is 23.0. The summed E-state index contributed by atoms with van der Waals surface area (Å²) in [4.78, 5) is 27.2. The van der Waals surface area contributed by atoms with Crippen LogP contribution in [0, 0.1) is 0 Å². The highest BCUT2D eigenvalue weighted by Gasteiger charge is 2.28. The molecule has 6 nitrogen and oxygen atoms in total. The number of nitrogens with zero attached hydrogens (tertiary/aromatic N) is 1. The highest BCUT2D eigenvalue weighted by Crippen LogP contribution is 2.28. The molecule has 1 N–H and O–H groups in total. The van der Waals surface area contributed by atoms with E-state index in [-0.39, 0.29) is 24.8 Å². The number of likely N-dealkylation sites (N-methyl/N-ethyl adjacent to an activating group) is 1. The first-order valence-corrected chi connectivity index (χ1v) is 10.8. The summed E-state index contributed by atoms with van der Waals surface area (Å²) in [6.45, 7) is 2.14. The van der Waals surface area contributed by atoms with E-state index in [4.69, 9.17) is 32.7 Å². The molecule has 0 heterocycles. The summed E-state index contributed by atoms with van der Waals surface area (Å²) in [5.41, 5.74) is 1.74. The number of hydrogen-bond donors (Lipinski definition) is 1. The molecule has 0 unspecified atom stereocenters. The van der Waals surface area contributed by atoms with Crippen molar-refractivity contribution in [2.45, 2.75) is 38.8 Å². The predicted molar refractivity (Wildman–Crippen MR) is 123 cm³/mol. The predicted octanol–water partition coefficient (Wildman–Crippen LogP) is 4.50. The maximum Gasteiger partial charge on any atom is 0.242 e. The third kappa shape index (κ3) is 6.52. The lowest BCUT2D eigenvalue weighted by Crippen LogP contribution is -2.48. The maximum atomic E-state index is 13.2. The van der Waals surface area contributed by atoms with Gasteiger partial charge in [-0.05, 0) is 48.2 Å². The largest absolute Gasteiger partial charge is 0.493 e. The number of hydrogen-bond acceptors (Lipinski definition) is 4. The summed E-state index contributed by atoms with van der Waals surface area (Å²) < 4.78 is 10.6. The number of amides is 2. The molecule has 0 spiro atoms. The van der Waals surface area contributed by atoms with Gasteiger partial charge in [-0.1, -0.05) is 42.3 Å². The van der Waals surface area contributed by atoms with Gasteiger partial charge in [0.25, 0.3) is 0 Å². The normalized spacial score (nSPS) is 11.5. The molecule has 2 rings (SSSR count). The van der Waals surface area contributed by atoms with Crippen molar-refractivity contribution < 1.29 is 19.1 Å². The first-order chi connectivity index (χ1) is 14.8. The number of methoxy groups -OCH3 is 2. The monoisotopic (exact) mass is 466 g/mol. The SMILES string of the molecule is CC[C@@H](C(=O)NC)N(Cc1ccc(Cl)c(Cl)c1)C(=O)CCc1ccc(OC)c(OC)c1. The van der Waals surface area contributed by atoms with Crippen molar-refractivity contribution in [3.8, 4) is 11.5 Å². The minimum absolute atomic E-state index is 0.128. The van der Waals surface area contributed by atoms with Gasteiger partial charge in [-0.25, -0.2) is 0 Å². The van der Waals surface area contributed by atoms with Gasteiger partial charge in [-0.2, -0.15) is 0 Å². The number of aryl methyl sites for hydroxylation is 1. The number of carbonyl (C=O) groups is 2. The molecule has 0 saturated heterocycles. The van der Waals surface area contributed by atoms with Crippen molar-refractivity contribution in [2.75, 3.05) is 21.3 Å². The summed E-state index contributed by atoms with van der Waals surface area (Å²) in [6.07, 6.45) is 1.23. The number of halogens is 2. The van der Waals surface area contributed by atoms with Crippen LogP contribution in [-0.2, 0) is 22.6 Å². The lowest BCUT2D eigenvalue weighted by molar-refractivity contribution is -0.141. The highest BCUT2D eigenvalue weighted by atomic mass is 35.5. The fourth-order valence-corrected chi connectivity index (χ4v) is 3.67. The maximum absolute atomic E-state index is 13.2. The number of nitrogens with one attached hydrogen (secondary N) is 1. The van der Waals surface area contributed by atoms with Gasteiger partial charge in [0.1, 0.15) is 6.04 Å².